The third-order valence-corrected chi connectivity index (χ3v) is 4.70. The first-order valence-corrected chi connectivity index (χ1v) is 8.60. The van der Waals surface area contributed by atoms with E-state index >= 15 is 0 Å². The van der Waals surface area contributed by atoms with E-state index in [1.165, 1.54) is 28.4 Å². The topological polar surface area (TPSA) is 140 Å². The number of hydrogen-bond acceptors (Lipinski definition) is 6. The number of carbonyl (C=O) groups excluding carboxylic acids is 2. The number of fused-ring (bicyclic) bond motifs is 1. The lowest BCUT2D eigenvalue weighted by atomic mass is 9.93. The van der Waals surface area contributed by atoms with Crippen LogP contribution >= 0.6 is 0 Å². The molecule has 3 heterocycles. The number of nitrogens with two attached hydrogens (primary N) is 1. The molecule has 10 heteroatoms. The third kappa shape index (κ3) is 3.27. The van der Waals surface area contributed by atoms with E-state index in [4.69, 9.17) is 5.73 Å². The van der Waals surface area contributed by atoms with E-state index in [0.29, 0.717) is 12.2 Å². The summed E-state index contributed by atoms with van der Waals surface area (Å²) in [6.45, 7) is 0.410. The average Bonchev–Trinajstić information content (AvgIpc) is 3.19. The summed E-state index contributed by atoms with van der Waals surface area (Å²) in [5.41, 5.74) is 6.67. The molecular formula is C18H17N7O3. The van der Waals surface area contributed by atoms with E-state index in [-0.39, 0.29) is 18.7 Å². The SMILES string of the molecule is NC(=O)C1Cc2ccccc2CN1C(=O)c1cnc(Cn2cncn2)[nH]c1=O. The minimum absolute atomic E-state index is 0.145. The van der Waals surface area contributed by atoms with Crippen molar-refractivity contribution in [1.82, 2.24) is 29.6 Å². The van der Waals surface area contributed by atoms with Crippen molar-refractivity contribution in [3.63, 3.8) is 0 Å². The molecule has 0 saturated heterocycles. The van der Waals surface area contributed by atoms with Gasteiger partial charge in [-0.1, -0.05) is 24.3 Å². The van der Waals surface area contributed by atoms with Crippen LogP contribution in [0.4, 0.5) is 0 Å². The zero-order valence-corrected chi connectivity index (χ0v) is 14.8. The number of carbonyl (C=O) groups is 2. The summed E-state index contributed by atoms with van der Waals surface area (Å²) in [6, 6.07) is 6.70. The first kappa shape index (κ1) is 17.6. The van der Waals surface area contributed by atoms with E-state index in [9.17, 15) is 14.4 Å². The molecule has 10 nitrogen and oxygen atoms in total. The van der Waals surface area contributed by atoms with Gasteiger partial charge in [-0.15, -0.1) is 0 Å². The monoisotopic (exact) mass is 379 g/mol. The summed E-state index contributed by atoms with van der Waals surface area (Å²) in [5.74, 6) is -0.864. The number of benzene rings is 1. The molecule has 1 atom stereocenters. The van der Waals surface area contributed by atoms with Crippen molar-refractivity contribution in [2.75, 3.05) is 0 Å². The van der Waals surface area contributed by atoms with Crippen molar-refractivity contribution >= 4 is 11.8 Å². The van der Waals surface area contributed by atoms with Gasteiger partial charge in [0.2, 0.25) is 5.91 Å². The van der Waals surface area contributed by atoms with Gasteiger partial charge in [0.15, 0.2) is 0 Å². The Balaban J connectivity index is 1.62. The molecule has 0 spiro atoms. The molecule has 2 aromatic heterocycles. The minimum atomic E-state index is -0.823. The van der Waals surface area contributed by atoms with Gasteiger partial charge >= 0.3 is 0 Å². The second-order valence-corrected chi connectivity index (χ2v) is 6.49. The van der Waals surface area contributed by atoms with Gasteiger partial charge in [0.05, 0.1) is 0 Å². The summed E-state index contributed by atoms with van der Waals surface area (Å²) >= 11 is 0. The van der Waals surface area contributed by atoms with Crippen molar-refractivity contribution in [3.05, 3.63) is 76.0 Å². The van der Waals surface area contributed by atoms with Crippen LogP contribution in [0, 0.1) is 0 Å². The number of rotatable bonds is 4. The van der Waals surface area contributed by atoms with Gasteiger partial charge in [-0.2, -0.15) is 5.10 Å². The van der Waals surface area contributed by atoms with E-state index in [2.05, 4.69) is 20.1 Å². The molecule has 142 valence electrons. The Morgan fingerprint density at radius 2 is 2.04 bits per heavy atom. The van der Waals surface area contributed by atoms with Crippen molar-refractivity contribution in [2.45, 2.75) is 25.6 Å². The summed E-state index contributed by atoms with van der Waals surface area (Å²) < 4.78 is 1.49. The van der Waals surface area contributed by atoms with Crippen LogP contribution in [-0.4, -0.2) is 47.5 Å². The molecule has 1 unspecified atom stereocenters. The Kier molecular flexibility index (Phi) is 4.44. The highest BCUT2D eigenvalue weighted by Crippen LogP contribution is 2.24. The number of H-pyrrole nitrogens is 1. The molecule has 4 rings (SSSR count). The van der Waals surface area contributed by atoms with Crippen molar-refractivity contribution in [2.24, 2.45) is 5.73 Å². The van der Waals surface area contributed by atoms with Gasteiger partial charge in [0.25, 0.3) is 11.5 Å². The van der Waals surface area contributed by atoms with Crippen LogP contribution in [-0.2, 0) is 24.3 Å². The van der Waals surface area contributed by atoms with Crippen LogP contribution in [0.3, 0.4) is 0 Å². The maximum atomic E-state index is 13.0. The van der Waals surface area contributed by atoms with E-state index in [1.54, 1.807) is 0 Å². The molecule has 0 saturated carbocycles. The number of primary amides is 1. The molecule has 0 bridgehead atoms. The fourth-order valence-electron chi connectivity index (χ4n) is 3.28. The van der Waals surface area contributed by atoms with Crippen LogP contribution in [0.25, 0.3) is 0 Å². The maximum absolute atomic E-state index is 13.0. The highest BCUT2D eigenvalue weighted by atomic mass is 16.2. The van der Waals surface area contributed by atoms with Gasteiger partial charge in [0, 0.05) is 19.2 Å². The number of nitrogens with one attached hydrogen (secondary N) is 1. The lowest BCUT2D eigenvalue weighted by Gasteiger charge is -2.34. The first-order chi connectivity index (χ1) is 13.5. The second-order valence-electron chi connectivity index (χ2n) is 6.49. The van der Waals surface area contributed by atoms with Crippen LogP contribution < -0.4 is 11.3 Å². The van der Waals surface area contributed by atoms with E-state index in [0.717, 1.165) is 11.1 Å². The van der Waals surface area contributed by atoms with Crippen LogP contribution in [0.5, 0.6) is 0 Å². The van der Waals surface area contributed by atoms with Gasteiger partial charge in [-0.05, 0) is 11.1 Å². The summed E-state index contributed by atoms with van der Waals surface area (Å²) in [5, 5.41) is 3.94. The molecule has 0 fully saturated rings. The predicted octanol–water partition coefficient (Wildman–Crippen LogP) is -0.538. The molecule has 0 aliphatic carbocycles. The Morgan fingerprint density at radius 3 is 2.71 bits per heavy atom. The quantitative estimate of drug-likeness (QED) is 0.624. The van der Waals surface area contributed by atoms with Crippen molar-refractivity contribution in [3.8, 4) is 0 Å². The molecule has 1 aliphatic heterocycles. The zero-order valence-electron chi connectivity index (χ0n) is 14.8. The summed E-state index contributed by atoms with van der Waals surface area (Å²) in [6.07, 6.45) is 4.38. The second kappa shape index (κ2) is 7.06. The number of aromatic amines is 1. The molecule has 28 heavy (non-hydrogen) atoms. The Bertz CT molecular complexity index is 1090. The van der Waals surface area contributed by atoms with Gasteiger partial charge in [-0.3, -0.25) is 14.4 Å². The Morgan fingerprint density at radius 1 is 1.25 bits per heavy atom. The van der Waals surface area contributed by atoms with Crippen molar-refractivity contribution in [1.29, 1.82) is 0 Å². The number of nitrogens with zero attached hydrogens (tertiary/aromatic N) is 5. The van der Waals surface area contributed by atoms with Crippen molar-refractivity contribution < 1.29 is 9.59 Å². The number of amides is 2. The van der Waals surface area contributed by atoms with E-state index in [1.807, 2.05) is 24.3 Å². The highest BCUT2D eigenvalue weighted by molar-refractivity contribution is 5.97. The third-order valence-electron chi connectivity index (χ3n) is 4.70. The normalized spacial score (nSPS) is 15.9. The average molecular weight is 379 g/mol. The molecule has 2 amide bonds. The van der Waals surface area contributed by atoms with Gasteiger partial charge in [-0.25, -0.2) is 14.6 Å². The van der Waals surface area contributed by atoms with Crippen LogP contribution in [0.2, 0.25) is 0 Å². The lowest BCUT2D eigenvalue weighted by molar-refractivity contribution is -0.122. The molecule has 1 aromatic carbocycles. The van der Waals surface area contributed by atoms with Gasteiger partial charge < -0.3 is 15.6 Å². The molecule has 3 N–H and O–H groups in total. The highest BCUT2D eigenvalue weighted by Gasteiger charge is 2.34. The van der Waals surface area contributed by atoms with Crippen LogP contribution in [0.15, 0.2) is 47.9 Å². The lowest BCUT2D eigenvalue weighted by Crippen LogP contribution is -2.52. The predicted molar refractivity (Wildman–Crippen MR) is 97.0 cm³/mol. The number of aromatic nitrogens is 5. The smallest absolute Gasteiger partial charge is 0.263 e. The zero-order chi connectivity index (χ0) is 19.7. The Hall–Kier alpha value is -3.82. The molecule has 0 radical (unpaired) electrons. The number of hydrogen-bond donors (Lipinski definition) is 2. The standard InChI is InChI=1S/C18H17N7O3/c19-16(26)14-5-11-3-1-2-4-12(11)7-25(14)18(28)13-6-21-15(23-17(13)27)8-24-10-20-9-22-24/h1-4,6,9-10,14H,5,7-8H2,(H2,19,26)(H,21,23,27). The fourth-order valence-corrected chi connectivity index (χ4v) is 3.28. The largest absolute Gasteiger partial charge is 0.368 e. The molecular weight excluding hydrogens is 362 g/mol. The molecule has 3 aromatic rings. The minimum Gasteiger partial charge on any atom is -0.368 e. The maximum Gasteiger partial charge on any atom is 0.263 e. The summed E-state index contributed by atoms with van der Waals surface area (Å²) in [4.78, 5) is 49.3. The van der Waals surface area contributed by atoms with Gasteiger partial charge in [0.1, 0.15) is 36.6 Å². The van der Waals surface area contributed by atoms with E-state index < -0.39 is 23.4 Å². The van der Waals surface area contributed by atoms with Crippen LogP contribution in [0.1, 0.15) is 27.3 Å². The Labute approximate surface area is 159 Å². The summed E-state index contributed by atoms with van der Waals surface area (Å²) in [7, 11) is 0. The molecule has 1 aliphatic rings. The fraction of sp³-hybridized carbons (Fsp3) is 0.222. The first-order valence-electron chi connectivity index (χ1n) is 8.60.